The van der Waals surface area contributed by atoms with Gasteiger partial charge in [-0.05, 0) is 314 Å². The second-order valence-corrected chi connectivity index (χ2v) is 36.9. The van der Waals surface area contributed by atoms with E-state index in [0.29, 0.717) is 138 Å². The number of anilines is 2. The predicted molar refractivity (Wildman–Crippen MR) is 563 cm³/mol. The molecule has 4 saturated carbocycles. The van der Waals surface area contributed by atoms with Crippen LogP contribution in [-0.2, 0) is 39.9 Å². The Balaban J connectivity index is 0.000000171. The van der Waals surface area contributed by atoms with Gasteiger partial charge in [0.15, 0.2) is 37.9 Å². The molecule has 0 radical (unpaired) electrons. The van der Waals surface area contributed by atoms with E-state index in [0.717, 1.165) is 143 Å². The molecular formula is C113H139N13O20. The van der Waals surface area contributed by atoms with Gasteiger partial charge in [0, 0.05) is 71.6 Å². The van der Waals surface area contributed by atoms with Crippen LogP contribution in [0.5, 0.6) is 34.5 Å². The lowest BCUT2D eigenvalue weighted by atomic mass is 9.94. The zero-order chi connectivity index (χ0) is 104. The minimum absolute atomic E-state index is 0.0153. The highest BCUT2D eigenvalue weighted by molar-refractivity contribution is 5.99. The van der Waals surface area contributed by atoms with Crippen LogP contribution in [-0.4, -0.2) is 223 Å². The molecule has 0 atom stereocenters. The van der Waals surface area contributed by atoms with E-state index in [-0.39, 0.29) is 62.1 Å². The average molecular weight is 2000 g/mol. The maximum Gasteiger partial charge on any atom is 0.341 e. The van der Waals surface area contributed by atoms with Gasteiger partial charge in [0.25, 0.3) is 17.7 Å². The third-order valence-electron chi connectivity index (χ3n) is 25.6. The topological polar surface area (TPSA) is 411 Å². The lowest BCUT2D eigenvalue weighted by Gasteiger charge is -2.25. The largest absolute Gasteiger partial charge is 0.493 e. The first-order valence-electron chi connectivity index (χ1n) is 50.7. The van der Waals surface area contributed by atoms with Gasteiger partial charge < -0.3 is 103 Å². The Morgan fingerprint density at radius 3 is 1.11 bits per heavy atom. The summed E-state index contributed by atoms with van der Waals surface area (Å²) in [6.07, 6.45) is 26.3. The number of carboxylic acid groups (broad SMARTS) is 2. The molecule has 776 valence electrons. The number of ether oxygens (including phenoxy) is 9. The van der Waals surface area contributed by atoms with Gasteiger partial charge in [0.05, 0.1) is 95.2 Å². The molecule has 146 heavy (non-hydrogen) atoms. The Morgan fingerprint density at radius 2 is 0.753 bits per heavy atom. The number of esters is 3. The first-order chi connectivity index (χ1) is 70.8. The molecule has 33 heteroatoms. The van der Waals surface area contributed by atoms with E-state index in [1.807, 2.05) is 156 Å². The van der Waals surface area contributed by atoms with Crippen molar-refractivity contribution in [2.75, 3.05) is 126 Å². The minimum Gasteiger partial charge on any atom is -0.493 e. The van der Waals surface area contributed by atoms with Crippen LogP contribution in [0.3, 0.4) is 0 Å². The quantitative estimate of drug-likeness (QED) is 0.00616. The number of carbonyl (C=O) groups excluding carboxylic acids is 7. The van der Waals surface area contributed by atoms with E-state index in [1.165, 1.54) is 89.9 Å². The standard InChI is InChI=1S/C36H45N5O5.C29H38N4O4.C24H26N2O5.C15H22N2O2.C9H8O4/c1-40(2)20-8-19-37-34(42)24-46-29-15-12-26(13-16-29)35-39-30-22-27(14-17-31(30)41(35)28-9-6-5-7-10-28)36(43)38-23-25-11-18-32(44-3)33(21-25)45-4;1-4-36-29(35)22-13-16-26-25(19-22)31-28(33(26)23-9-6-5-7-10-23)21-11-14-24(15-12-21)37-20-27(34)30-17-8-18-32(2)3;1-2-30-24(29)17-10-13-21-20(14-17)25-23(26(21)18-6-4-3-5-7-18)16-8-11-19(12-9-16)31-15-22(27)28;1-2-19-15(18)11-8-9-14(13(16)10-11)17-12-6-4-3-5-7-12;10-5-7-1-3-8(4-2-7)13-6-9(11)12/h11-18,21-22,28H,5-10,19-20,23-24H2,1-4H3,(H,37,42)(H,38,43);11-16,19,23H,4-10,17-18,20H2,1-3H3,(H,30,34);8-14,18H,2-7,15H2,1H3,(H,27,28);8-10,12,17H,2-7,16H2,1H3;1-5H,6H2,(H,11,12). The van der Waals surface area contributed by atoms with Crippen molar-refractivity contribution in [2.45, 2.75) is 193 Å². The summed E-state index contributed by atoms with van der Waals surface area (Å²) in [5, 5.41) is 29.4. The molecule has 4 aliphatic carbocycles. The summed E-state index contributed by atoms with van der Waals surface area (Å²) in [6, 6.07) is 58.4. The number of imidazole rings is 3. The van der Waals surface area contributed by atoms with Crippen LogP contribution in [0, 0.1) is 0 Å². The summed E-state index contributed by atoms with van der Waals surface area (Å²) in [5.74, 6) is 2.57. The van der Waals surface area contributed by atoms with E-state index in [2.05, 4.69) is 44.8 Å². The van der Waals surface area contributed by atoms with Crippen LogP contribution in [0.4, 0.5) is 11.4 Å². The van der Waals surface area contributed by atoms with Gasteiger partial charge in [-0.15, -0.1) is 0 Å². The summed E-state index contributed by atoms with van der Waals surface area (Å²) in [7, 11) is 11.2. The fourth-order valence-corrected chi connectivity index (χ4v) is 18.3. The second-order valence-electron chi connectivity index (χ2n) is 36.9. The molecule has 0 aliphatic heterocycles. The summed E-state index contributed by atoms with van der Waals surface area (Å²) in [6.45, 7) is 9.09. The predicted octanol–water partition coefficient (Wildman–Crippen LogP) is 19.4. The molecule has 0 unspecified atom stereocenters. The molecule has 0 spiro atoms. The molecule has 12 aromatic rings. The number of aromatic nitrogens is 6. The molecule has 8 N–H and O–H groups in total. The van der Waals surface area contributed by atoms with Gasteiger partial charge in [-0.1, -0.05) is 83.1 Å². The van der Waals surface area contributed by atoms with Gasteiger partial charge >= 0.3 is 29.8 Å². The van der Waals surface area contributed by atoms with Crippen LogP contribution in [0.1, 0.15) is 238 Å². The fourth-order valence-electron chi connectivity index (χ4n) is 18.3. The molecule has 4 aliphatic rings. The van der Waals surface area contributed by atoms with E-state index >= 15 is 0 Å². The number of nitrogens with one attached hydrogen (secondary N) is 4. The molecule has 33 nitrogen and oxygen atoms in total. The smallest absolute Gasteiger partial charge is 0.341 e. The number of carbonyl (C=O) groups is 9. The van der Waals surface area contributed by atoms with Crippen molar-refractivity contribution < 1.29 is 96.0 Å². The highest BCUT2D eigenvalue weighted by atomic mass is 16.5. The molecule has 3 amide bonds. The highest BCUT2D eigenvalue weighted by Crippen LogP contribution is 2.42. The average Bonchev–Trinajstić information content (AvgIpc) is 1.62. The number of aldehydes is 1. The number of fused-ring (bicyclic) bond motifs is 3. The van der Waals surface area contributed by atoms with Crippen molar-refractivity contribution in [2.24, 2.45) is 0 Å². The number of nitrogens with zero attached hydrogens (tertiary/aromatic N) is 8. The number of carboxylic acids is 2. The fraction of sp³-hybridized carbons (Fsp3) is 0.416. The number of amides is 3. The third kappa shape index (κ3) is 32.3. The molecule has 3 aromatic heterocycles. The summed E-state index contributed by atoms with van der Waals surface area (Å²) < 4.78 is 54.5. The second kappa shape index (κ2) is 56.4. The normalized spacial score (nSPS) is 13.8. The van der Waals surface area contributed by atoms with Crippen LogP contribution in [0.25, 0.3) is 67.3 Å². The number of benzene rings is 9. The number of methoxy groups -OCH3 is 2. The maximum atomic E-state index is 13.2. The van der Waals surface area contributed by atoms with E-state index < -0.39 is 11.9 Å². The highest BCUT2D eigenvalue weighted by Gasteiger charge is 2.29. The number of hydrogen-bond acceptors (Lipinski definition) is 25. The van der Waals surface area contributed by atoms with Crippen molar-refractivity contribution in [3.8, 4) is 68.7 Å². The van der Waals surface area contributed by atoms with Crippen LogP contribution < -0.4 is 55.4 Å². The third-order valence-corrected chi connectivity index (χ3v) is 25.6. The monoisotopic (exact) mass is 2000 g/mol. The summed E-state index contributed by atoms with van der Waals surface area (Å²) in [5.41, 5.74) is 19.3. The Labute approximate surface area is 852 Å². The Morgan fingerprint density at radius 1 is 0.404 bits per heavy atom. The lowest BCUT2D eigenvalue weighted by Crippen LogP contribution is -2.31. The summed E-state index contributed by atoms with van der Waals surface area (Å²) >= 11 is 0. The number of nitrogen functional groups attached to an aromatic ring is 1. The lowest BCUT2D eigenvalue weighted by molar-refractivity contribution is -0.140. The SMILES string of the molecule is CCOC(=O)c1ccc(NC2CCCCC2)c(N)c1.CCOC(=O)c1ccc2c(c1)nc(-c1ccc(OCC(=O)NCCCN(C)C)cc1)n2C1CCCCC1.CCOC(=O)c1ccc2c(c1)nc(-c1ccc(OCC(=O)O)cc1)n2C1CCCCC1.COc1ccc(CNC(=O)c2ccc3c(c2)nc(-c2ccc(OCC(=O)NCCCN(C)C)cc2)n3C2CCCCC2)cc1OC.O=Cc1ccc(OCC(=O)O)cc1. The molecule has 16 rings (SSSR count). The zero-order valence-electron chi connectivity index (χ0n) is 85.2. The Kier molecular flexibility index (Phi) is 42.5. The van der Waals surface area contributed by atoms with Gasteiger partial charge in [0.1, 0.15) is 46.8 Å². The number of nitrogens with two attached hydrogens (primary N) is 1. The van der Waals surface area contributed by atoms with Crippen molar-refractivity contribution >= 4 is 98.3 Å². The van der Waals surface area contributed by atoms with Gasteiger partial charge in [-0.25, -0.2) is 38.9 Å². The maximum absolute atomic E-state index is 13.2. The van der Waals surface area contributed by atoms with Crippen molar-refractivity contribution in [1.29, 1.82) is 0 Å². The molecule has 0 saturated heterocycles. The molecule has 3 heterocycles. The minimum atomic E-state index is -1.03. The van der Waals surface area contributed by atoms with Crippen LogP contribution >= 0.6 is 0 Å². The zero-order valence-corrected chi connectivity index (χ0v) is 85.2. The van der Waals surface area contributed by atoms with Crippen molar-refractivity contribution in [3.63, 3.8) is 0 Å². The molecular weight excluding hydrogens is 1860 g/mol. The summed E-state index contributed by atoms with van der Waals surface area (Å²) in [4.78, 5) is 124. The molecule has 4 fully saturated rings. The molecule has 9 aromatic carbocycles. The first-order valence-corrected chi connectivity index (χ1v) is 50.7. The van der Waals surface area contributed by atoms with Crippen molar-refractivity contribution in [1.82, 2.24) is 54.4 Å². The number of rotatable bonds is 40. The first kappa shape index (κ1) is 110. The van der Waals surface area contributed by atoms with Crippen molar-refractivity contribution in [3.05, 3.63) is 221 Å². The van der Waals surface area contributed by atoms with Crippen LogP contribution in [0.15, 0.2) is 188 Å². The van der Waals surface area contributed by atoms with Crippen LogP contribution in [0.2, 0.25) is 0 Å². The number of hydrogen-bond donors (Lipinski definition) is 7. The van der Waals surface area contributed by atoms with Gasteiger partial charge in [-0.3, -0.25) is 19.2 Å². The Hall–Kier alpha value is -14.9. The number of aliphatic carboxylic acids is 2. The van der Waals surface area contributed by atoms with Gasteiger partial charge in [0.2, 0.25) is 0 Å². The molecule has 0 bridgehead atoms. The van der Waals surface area contributed by atoms with E-state index in [4.69, 9.17) is 73.5 Å². The van der Waals surface area contributed by atoms with E-state index in [9.17, 15) is 43.2 Å². The Bertz CT molecular complexity index is 6290. The van der Waals surface area contributed by atoms with Gasteiger partial charge in [-0.2, -0.15) is 0 Å². The van der Waals surface area contributed by atoms with E-state index in [1.54, 1.807) is 95.7 Å².